The monoisotopic (exact) mass is 278 g/mol. The lowest BCUT2D eigenvalue weighted by molar-refractivity contribution is 0.0920. The first-order chi connectivity index (χ1) is 9.58. The number of carbonyl (C=O) groups is 1. The van der Waals surface area contributed by atoms with E-state index in [0.29, 0.717) is 5.56 Å². The Hall–Kier alpha value is -1.58. The zero-order valence-corrected chi connectivity index (χ0v) is 12.0. The highest BCUT2D eigenvalue weighted by Gasteiger charge is 2.22. The minimum atomic E-state index is -0.471. The zero-order valence-electron chi connectivity index (χ0n) is 12.0. The van der Waals surface area contributed by atoms with Gasteiger partial charge in [-0.1, -0.05) is 19.8 Å². The van der Waals surface area contributed by atoms with Crippen molar-refractivity contribution in [2.24, 2.45) is 5.92 Å². The maximum absolute atomic E-state index is 13.2. The number of nitrogens with two attached hydrogens (primary N) is 1. The highest BCUT2D eigenvalue weighted by molar-refractivity contribution is 5.95. The molecule has 0 spiro atoms. The lowest BCUT2D eigenvalue weighted by atomic mass is 9.83. The van der Waals surface area contributed by atoms with E-state index in [1.54, 1.807) is 0 Å². The van der Waals surface area contributed by atoms with Gasteiger partial charge in [0.25, 0.3) is 5.91 Å². The number of rotatable bonds is 4. The summed E-state index contributed by atoms with van der Waals surface area (Å²) in [6.07, 6.45) is 6.88. The second-order valence-corrected chi connectivity index (χ2v) is 5.75. The molecule has 1 aliphatic rings. The third-order valence-electron chi connectivity index (χ3n) is 4.06. The predicted molar refractivity (Wildman–Crippen MR) is 78.9 cm³/mol. The molecule has 110 valence electrons. The molecule has 1 saturated carbocycles. The Bertz CT molecular complexity index is 447. The molecule has 0 aliphatic heterocycles. The molecule has 0 bridgehead atoms. The predicted octanol–water partition coefficient (Wildman–Crippen LogP) is 3.50. The van der Waals surface area contributed by atoms with E-state index < -0.39 is 5.82 Å². The number of nitrogens with one attached hydrogen (secondary N) is 1. The fraction of sp³-hybridized carbons (Fsp3) is 0.562. The Morgan fingerprint density at radius 2 is 2.00 bits per heavy atom. The van der Waals surface area contributed by atoms with Gasteiger partial charge in [-0.05, 0) is 49.8 Å². The van der Waals surface area contributed by atoms with Crippen molar-refractivity contribution in [1.29, 1.82) is 0 Å². The fourth-order valence-corrected chi connectivity index (χ4v) is 3.02. The van der Waals surface area contributed by atoms with Gasteiger partial charge in [0.15, 0.2) is 0 Å². The Labute approximate surface area is 119 Å². The van der Waals surface area contributed by atoms with Gasteiger partial charge in [0.2, 0.25) is 0 Å². The van der Waals surface area contributed by atoms with E-state index in [-0.39, 0.29) is 17.6 Å². The van der Waals surface area contributed by atoms with Crippen molar-refractivity contribution in [3.63, 3.8) is 0 Å². The molecule has 3 N–H and O–H groups in total. The Morgan fingerprint density at radius 3 is 2.60 bits per heavy atom. The topological polar surface area (TPSA) is 55.1 Å². The number of nitrogen functional groups attached to an aromatic ring is 1. The summed E-state index contributed by atoms with van der Waals surface area (Å²) in [6, 6.07) is 4.17. The van der Waals surface area contributed by atoms with Gasteiger partial charge in [-0.15, -0.1) is 0 Å². The maximum Gasteiger partial charge on any atom is 0.251 e. The SMILES string of the molecule is CCCC1CCC(NC(=O)c2cc(N)cc(F)c2)CC1. The number of hydrogen-bond donors (Lipinski definition) is 2. The average molecular weight is 278 g/mol. The summed E-state index contributed by atoms with van der Waals surface area (Å²) in [5.41, 5.74) is 6.15. The summed E-state index contributed by atoms with van der Waals surface area (Å²) in [4.78, 5) is 12.1. The molecule has 2 rings (SSSR count). The van der Waals surface area contributed by atoms with Crippen LogP contribution in [0.15, 0.2) is 18.2 Å². The molecule has 1 aromatic carbocycles. The van der Waals surface area contributed by atoms with Crippen molar-refractivity contribution in [3.8, 4) is 0 Å². The Balaban J connectivity index is 1.89. The first-order valence-electron chi connectivity index (χ1n) is 7.45. The third-order valence-corrected chi connectivity index (χ3v) is 4.06. The molecule has 20 heavy (non-hydrogen) atoms. The van der Waals surface area contributed by atoms with Crippen LogP contribution in [0, 0.1) is 11.7 Å². The molecule has 0 unspecified atom stereocenters. The van der Waals surface area contributed by atoms with Gasteiger partial charge >= 0.3 is 0 Å². The van der Waals surface area contributed by atoms with Gasteiger partial charge in [0.1, 0.15) is 5.82 Å². The molecule has 0 saturated heterocycles. The van der Waals surface area contributed by atoms with E-state index in [0.717, 1.165) is 18.8 Å². The maximum atomic E-state index is 13.2. The van der Waals surface area contributed by atoms with Crippen LogP contribution >= 0.6 is 0 Å². The van der Waals surface area contributed by atoms with E-state index >= 15 is 0 Å². The second-order valence-electron chi connectivity index (χ2n) is 5.75. The summed E-state index contributed by atoms with van der Waals surface area (Å²) in [7, 11) is 0. The van der Waals surface area contributed by atoms with Gasteiger partial charge in [-0.2, -0.15) is 0 Å². The van der Waals surface area contributed by atoms with Crippen LogP contribution in [0.4, 0.5) is 10.1 Å². The lowest BCUT2D eigenvalue weighted by Gasteiger charge is -2.29. The van der Waals surface area contributed by atoms with E-state index in [4.69, 9.17) is 5.73 Å². The number of carbonyl (C=O) groups excluding carboxylic acids is 1. The number of benzene rings is 1. The highest BCUT2D eigenvalue weighted by Crippen LogP contribution is 2.27. The first-order valence-corrected chi connectivity index (χ1v) is 7.45. The van der Waals surface area contributed by atoms with Gasteiger partial charge < -0.3 is 11.1 Å². The highest BCUT2D eigenvalue weighted by atomic mass is 19.1. The molecule has 0 radical (unpaired) electrons. The van der Waals surface area contributed by atoms with E-state index in [2.05, 4.69) is 12.2 Å². The quantitative estimate of drug-likeness (QED) is 0.828. The second kappa shape index (κ2) is 6.73. The fourth-order valence-electron chi connectivity index (χ4n) is 3.02. The van der Waals surface area contributed by atoms with Crippen LogP contribution in [0.1, 0.15) is 55.8 Å². The number of anilines is 1. The normalized spacial score (nSPS) is 22.5. The van der Waals surface area contributed by atoms with E-state index in [1.807, 2.05) is 0 Å². The lowest BCUT2D eigenvalue weighted by Crippen LogP contribution is -2.37. The zero-order chi connectivity index (χ0) is 14.5. The van der Waals surface area contributed by atoms with Crippen molar-refractivity contribution in [2.45, 2.75) is 51.5 Å². The number of hydrogen-bond acceptors (Lipinski definition) is 2. The molecular formula is C16H23FN2O. The minimum Gasteiger partial charge on any atom is -0.399 e. The van der Waals surface area contributed by atoms with Crippen molar-refractivity contribution in [1.82, 2.24) is 5.32 Å². The molecular weight excluding hydrogens is 255 g/mol. The molecule has 1 aliphatic carbocycles. The van der Waals surface area contributed by atoms with Gasteiger partial charge in [0.05, 0.1) is 0 Å². The van der Waals surface area contributed by atoms with Crippen molar-refractivity contribution in [3.05, 3.63) is 29.6 Å². The van der Waals surface area contributed by atoms with E-state index in [9.17, 15) is 9.18 Å². The molecule has 0 atom stereocenters. The minimum absolute atomic E-state index is 0.208. The molecule has 4 heteroatoms. The molecule has 0 heterocycles. The van der Waals surface area contributed by atoms with Crippen LogP contribution in [-0.2, 0) is 0 Å². The van der Waals surface area contributed by atoms with Gasteiger partial charge in [-0.3, -0.25) is 4.79 Å². The Morgan fingerprint density at radius 1 is 1.30 bits per heavy atom. The van der Waals surface area contributed by atoms with Crippen molar-refractivity contribution >= 4 is 11.6 Å². The van der Waals surface area contributed by atoms with E-state index in [1.165, 1.54) is 43.9 Å². The summed E-state index contributed by atoms with van der Waals surface area (Å²) in [5.74, 6) is 0.106. The largest absolute Gasteiger partial charge is 0.399 e. The van der Waals surface area contributed by atoms with Crippen LogP contribution in [0.5, 0.6) is 0 Å². The molecule has 1 aromatic rings. The van der Waals surface area contributed by atoms with Crippen LogP contribution in [0.3, 0.4) is 0 Å². The van der Waals surface area contributed by atoms with Gasteiger partial charge in [-0.25, -0.2) is 4.39 Å². The van der Waals surface area contributed by atoms with Crippen LogP contribution in [-0.4, -0.2) is 11.9 Å². The standard InChI is InChI=1S/C16H23FN2O/c1-2-3-11-4-6-15(7-5-11)19-16(20)12-8-13(17)10-14(18)9-12/h8-11,15H,2-7,18H2,1H3,(H,19,20). The summed E-state index contributed by atoms with van der Waals surface area (Å²) < 4.78 is 13.2. The molecule has 1 amide bonds. The van der Waals surface area contributed by atoms with Crippen LogP contribution in [0.25, 0.3) is 0 Å². The molecule has 1 fully saturated rings. The van der Waals surface area contributed by atoms with Gasteiger partial charge in [0, 0.05) is 17.3 Å². The summed E-state index contributed by atoms with van der Waals surface area (Å²) in [6.45, 7) is 2.21. The number of amides is 1. The summed E-state index contributed by atoms with van der Waals surface area (Å²) in [5, 5.41) is 2.99. The summed E-state index contributed by atoms with van der Waals surface area (Å²) >= 11 is 0. The van der Waals surface area contributed by atoms with Crippen molar-refractivity contribution < 1.29 is 9.18 Å². The Kier molecular flexibility index (Phi) is 4.99. The van der Waals surface area contributed by atoms with Crippen LogP contribution in [0.2, 0.25) is 0 Å². The first kappa shape index (κ1) is 14.8. The smallest absolute Gasteiger partial charge is 0.251 e. The third kappa shape index (κ3) is 3.95. The average Bonchev–Trinajstić information content (AvgIpc) is 2.40. The number of halogens is 1. The molecule has 0 aromatic heterocycles. The van der Waals surface area contributed by atoms with Crippen LogP contribution < -0.4 is 11.1 Å². The van der Waals surface area contributed by atoms with Crippen molar-refractivity contribution in [2.75, 3.05) is 5.73 Å². The molecule has 3 nitrogen and oxygen atoms in total.